The Kier molecular flexibility index (Phi) is 3.38. The lowest BCUT2D eigenvalue weighted by atomic mass is 9.77. The molecule has 0 aromatic heterocycles. The van der Waals surface area contributed by atoms with E-state index in [1.165, 1.54) is 0 Å². The average Bonchev–Trinajstić information content (AvgIpc) is 2.47. The van der Waals surface area contributed by atoms with E-state index in [9.17, 15) is 5.26 Å². The maximum atomic E-state index is 9.63. The third-order valence-corrected chi connectivity index (χ3v) is 3.91. The Bertz CT molecular complexity index is 677. The van der Waals surface area contributed by atoms with E-state index in [-0.39, 0.29) is 0 Å². The molecule has 2 nitrogen and oxygen atoms in total. The number of rotatable bonds is 2. The van der Waals surface area contributed by atoms with Gasteiger partial charge in [0.15, 0.2) is 0 Å². The molecule has 2 aromatic carbocycles. The van der Waals surface area contributed by atoms with Crippen molar-refractivity contribution in [2.75, 3.05) is 6.61 Å². The van der Waals surface area contributed by atoms with E-state index >= 15 is 0 Å². The smallest absolute Gasteiger partial charge is 0.122 e. The molecule has 1 unspecified atom stereocenters. The Morgan fingerprint density at radius 1 is 1.20 bits per heavy atom. The first-order chi connectivity index (χ1) is 9.71. The summed E-state index contributed by atoms with van der Waals surface area (Å²) in [7, 11) is 0. The highest BCUT2D eigenvalue weighted by Crippen LogP contribution is 2.36. The highest BCUT2D eigenvalue weighted by atomic mass is 35.5. The number of fused-ring (bicyclic) bond motifs is 1. The minimum absolute atomic E-state index is 0.424. The third kappa shape index (κ3) is 2.50. The fraction of sp³-hybridized carbons (Fsp3) is 0.235. The van der Waals surface area contributed by atoms with Crippen molar-refractivity contribution in [1.82, 2.24) is 0 Å². The number of para-hydroxylation sites is 1. The lowest BCUT2D eigenvalue weighted by molar-refractivity contribution is 0.169. The summed E-state index contributed by atoms with van der Waals surface area (Å²) in [5.74, 6) is 0.893. The number of ether oxygens (including phenoxy) is 1. The van der Waals surface area contributed by atoms with E-state index in [2.05, 4.69) is 6.07 Å². The summed E-state index contributed by atoms with van der Waals surface area (Å²) < 4.78 is 5.78. The molecule has 1 atom stereocenters. The maximum Gasteiger partial charge on any atom is 0.122 e. The molecular formula is C17H14ClNO. The van der Waals surface area contributed by atoms with Crippen LogP contribution in [0.25, 0.3) is 0 Å². The van der Waals surface area contributed by atoms with E-state index in [1.54, 1.807) is 0 Å². The van der Waals surface area contributed by atoms with E-state index in [0.717, 1.165) is 16.9 Å². The van der Waals surface area contributed by atoms with E-state index in [0.29, 0.717) is 24.5 Å². The number of benzene rings is 2. The van der Waals surface area contributed by atoms with E-state index in [1.807, 2.05) is 48.5 Å². The molecule has 1 heterocycles. The molecule has 0 N–H and O–H groups in total. The summed E-state index contributed by atoms with van der Waals surface area (Å²) in [4.78, 5) is 0. The van der Waals surface area contributed by atoms with Crippen LogP contribution in [0.15, 0.2) is 48.5 Å². The Morgan fingerprint density at radius 2 is 2.05 bits per heavy atom. The van der Waals surface area contributed by atoms with Gasteiger partial charge >= 0.3 is 0 Å². The second-order valence-electron chi connectivity index (χ2n) is 5.27. The molecule has 1 aliphatic rings. The molecule has 0 bridgehead atoms. The topological polar surface area (TPSA) is 33.0 Å². The van der Waals surface area contributed by atoms with Gasteiger partial charge in [-0.25, -0.2) is 0 Å². The van der Waals surface area contributed by atoms with Crippen molar-refractivity contribution in [1.29, 1.82) is 5.26 Å². The van der Waals surface area contributed by atoms with Crippen LogP contribution in [0.5, 0.6) is 5.75 Å². The number of nitriles is 1. The minimum Gasteiger partial charge on any atom is -0.492 e. The Morgan fingerprint density at radius 3 is 2.85 bits per heavy atom. The second kappa shape index (κ2) is 5.19. The zero-order valence-electron chi connectivity index (χ0n) is 11.0. The Labute approximate surface area is 123 Å². The normalized spacial score (nSPS) is 20.6. The summed E-state index contributed by atoms with van der Waals surface area (Å²) in [6, 6.07) is 18.1. The molecule has 0 saturated carbocycles. The van der Waals surface area contributed by atoms with Crippen molar-refractivity contribution in [2.24, 2.45) is 5.41 Å². The number of hydrogen-bond acceptors (Lipinski definition) is 2. The van der Waals surface area contributed by atoms with Gasteiger partial charge in [-0.05, 0) is 42.2 Å². The summed E-state index contributed by atoms with van der Waals surface area (Å²) in [6.07, 6.45) is 1.37. The molecule has 100 valence electrons. The molecule has 3 rings (SSSR count). The van der Waals surface area contributed by atoms with Gasteiger partial charge in [-0.2, -0.15) is 5.26 Å². The fourth-order valence-electron chi connectivity index (χ4n) is 2.68. The molecular weight excluding hydrogens is 270 g/mol. The Hall–Kier alpha value is -1.98. The van der Waals surface area contributed by atoms with Gasteiger partial charge in [-0.15, -0.1) is 0 Å². The molecule has 0 saturated heterocycles. The van der Waals surface area contributed by atoms with Crippen LogP contribution in [-0.4, -0.2) is 6.61 Å². The Balaban J connectivity index is 1.89. The molecule has 0 spiro atoms. The number of nitrogens with zero attached hydrogens (tertiary/aromatic N) is 1. The molecule has 1 aliphatic heterocycles. The average molecular weight is 284 g/mol. The van der Waals surface area contributed by atoms with Crippen LogP contribution in [0.4, 0.5) is 0 Å². The monoisotopic (exact) mass is 283 g/mol. The van der Waals surface area contributed by atoms with Crippen molar-refractivity contribution < 1.29 is 4.74 Å². The standard InChI is InChI=1S/C17H14ClNO/c18-15-6-3-4-13(8-15)9-17(11-19)10-14-5-1-2-7-16(14)20-12-17/h1-8H,9-10,12H2. The summed E-state index contributed by atoms with van der Waals surface area (Å²) >= 11 is 6.02. The van der Waals surface area contributed by atoms with Crippen molar-refractivity contribution in [3.8, 4) is 11.8 Å². The lowest BCUT2D eigenvalue weighted by Crippen LogP contribution is -2.35. The first kappa shape index (κ1) is 13.0. The van der Waals surface area contributed by atoms with Gasteiger partial charge in [0.05, 0.1) is 11.5 Å². The highest BCUT2D eigenvalue weighted by molar-refractivity contribution is 6.30. The van der Waals surface area contributed by atoms with Gasteiger partial charge in [0.2, 0.25) is 0 Å². The van der Waals surface area contributed by atoms with Crippen LogP contribution in [-0.2, 0) is 12.8 Å². The molecule has 20 heavy (non-hydrogen) atoms. The van der Waals surface area contributed by atoms with E-state index in [4.69, 9.17) is 16.3 Å². The van der Waals surface area contributed by atoms with Crippen LogP contribution < -0.4 is 4.74 Å². The van der Waals surface area contributed by atoms with Crippen molar-refractivity contribution in [3.63, 3.8) is 0 Å². The zero-order chi connectivity index (χ0) is 14.0. The van der Waals surface area contributed by atoms with Crippen molar-refractivity contribution in [2.45, 2.75) is 12.8 Å². The summed E-state index contributed by atoms with van der Waals surface area (Å²) in [5, 5.41) is 10.3. The minimum atomic E-state index is -0.515. The van der Waals surface area contributed by atoms with Gasteiger partial charge < -0.3 is 4.74 Å². The third-order valence-electron chi connectivity index (χ3n) is 3.67. The van der Waals surface area contributed by atoms with Crippen molar-refractivity contribution in [3.05, 3.63) is 64.7 Å². The molecule has 2 aromatic rings. The maximum absolute atomic E-state index is 9.63. The largest absolute Gasteiger partial charge is 0.492 e. The summed E-state index contributed by atoms with van der Waals surface area (Å²) in [5.41, 5.74) is 1.66. The van der Waals surface area contributed by atoms with E-state index < -0.39 is 5.41 Å². The molecule has 0 aliphatic carbocycles. The van der Waals surface area contributed by atoms with Crippen LogP contribution in [0.2, 0.25) is 5.02 Å². The molecule has 0 amide bonds. The zero-order valence-corrected chi connectivity index (χ0v) is 11.7. The van der Waals surface area contributed by atoms with Gasteiger partial charge in [0.25, 0.3) is 0 Å². The van der Waals surface area contributed by atoms with Gasteiger partial charge in [0, 0.05) is 5.02 Å². The predicted octanol–water partition coefficient (Wildman–Crippen LogP) is 4.03. The van der Waals surface area contributed by atoms with Crippen LogP contribution in [0.3, 0.4) is 0 Å². The van der Waals surface area contributed by atoms with Gasteiger partial charge in [-0.1, -0.05) is 41.9 Å². The van der Waals surface area contributed by atoms with Crippen LogP contribution in [0, 0.1) is 16.7 Å². The SMILES string of the molecule is N#CC1(Cc2cccc(Cl)c2)COc2ccccc2C1. The molecule has 0 radical (unpaired) electrons. The van der Waals surface area contributed by atoms with Crippen LogP contribution >= 0.6 is 11.6 Å². The quantitative estimate of drug-likeness (QED) is 0.834. The second-order valence-corrected chi connectivity index (χ2v) is 5.71. The first-order valence-corrected chi connectivity index (χ1v) is 6.95. The van der Waals surface area contributed by atoms with Crippen molar-refractivity contribution >= 4 is 11.6 Å². The van der Waals surface area contributed by atoms with Gasteiger partial charge in [0.1, 0.15) is 12.4 Å². The molecule has 3 heteroatoms. The number of hydrogen-bond donors (Lipinski definition) is 0. The summed E-state index contributed by atoms with van der Waals surface area (Å²) in [6.45, 7) is 0.424. The lowest BCUT2D eigenvalue weighted by Gasteiger charge is -2.32. The fourth-order valence-corrected chi connectivity index (χ4v) is 2.90. The number of halogens is 1. The first-order valence-electron chi connectivity index (χ1n) is 6.57. The van der Waals surface area contributed by atoms with Gasteiger partial charge in [-0.3, -0.25) is 0 Å². The van der Waals surface area contributed by atoms with Crippen LogP contribution in [0.1, 0.15) is 11.1 Å². The predicted molar refractivity (Wildman–Crippen MR) is 78.8 cm³/mol. The highest BCUT2D eigenvalue weighted by Gasteiger charge is 2.36. The molecule has 0 fully saturated rings.